The highest BCUT2D eigenvalue weighted by atomic mass is 16.5. The number of nitrogens with two attached hydrogens (primary N) is 1. The van der Waals surface area contributed by atoms with Crippen LogP contribution in [0.2, 0.25) is 0 Å². The third kappa shape index (κ3) is 2.84. The third-order valence-electron chi connectivity index (χ3n) is 3.38. The van der Waals surface area contributed by atoms with Crippen LogP contribution in [0.1, 0.15) is 39.5 Å². The van der Waals surface area contributed by atoms with E-state index < -0.39 is 0 Å². The van der Waals surface area contributed by atoms with Gasteiger partial charge in [-0.3, -0.25) is 0 Å². The summed E-state index contributed by atoms with van der Waals surface area (Å²) < 4.78 is 5.63. The molecule has 1 fully saturated rings. The summed E-state index contributed by atoms with van der Waals surface area (Å²) >= 11 is 0. The summed E-state index contributed by atoms with van der Waals surface area (Å²) in [5, 5.41) is 3.56. The van der Waals surface area contributed by atoms with Gasteiger partial charge in [0.15, 0.2) is 0 Å². The summed E-state index contributed by atoms with van der Waals surface area (Å²) in [7, 11) is 0. The van der Waals surface area contributed by atoms with E-state index in [1.807, 2.05) is 18.2 Å². The topological polar surface area (TPSA) is 47.3 Å². The molecule has 1 aliphatic rings. The van der Waals surface area contributed by atoms with Gasteiger partial charge in [0.2, 0.25) is 0 Å². The minimum absolute atomic E-state index is 0.262. The van der Waals surface area contributed by atoms with E-state index in [-0.39, 0.29) is 5.54 Å². The lowest BCUT2D eigenvalue weighted by molar-refractivity contribution is 0.305. The Morgan fingerprint density at radius 2 is 2.18 bits per heavy atom. The number of ether oxygens (including phenoxy) is 1. The Kier molecular flexibility index (Phi) is 3.46. The summed E-state index contributed by atoms with van der Waals surface area (Å²) in [6.45, 7) is 5.07. The van der Waals surface area contributed by atoms with Crippen LogP contribution in [0.3, 0.4) is 0 Å². The number of rotatable bonds is 5. The zero-order valence-corrected chi connectivity index (χ0v) is 10.8. The zero-order valence-electron chi connectivity index (χ0n) is 10.8. The van der Waals surface area contributed by atoms with Crippen LogP contribution in [0.15, 0.2) is 18.2 Å². The van der Waals surface area contributed by atoms with Gasteiger partial charge in [-0.05, 0) is 44.7 Å². The second-order valence-electron chi connectivity index (χ2n) is 5.14. The van der Waals surface area contributed by atoms with Crippen LogP contribution >= 0.6 is 0 Å². The molecule has 1 aromatic carbocycles. The van der Waals surface area contributed by atoms with Gasteiger partial charge in [-0.2, -0.15) is 0 Å². The summed E-state index contributed by atoms with van der Waals surface area (Å²) in [4.78, 5) is 0. The fourth-order valence-corrected chi connectivity index (χ4v) is 2.13. The highest BCUT2D eigenvalue weighted by Gasteiger charge is 2.31. The fourth-order valence-electron chi connectivity index (χ4n) is 2.13. The van der Waals surface area contributed by atoms with Gasteiger partial charge < -0.3 is 15.8 Å². The Morgan fingerprint density at radius 3 is 2.76 bits per heavy atom. The van der Waals surface area contributed by atoms with Crippen LogP contribution in [0.25, 0.3) is 0 Å². The SMILES string of the molecule is CCCOc1cc(NC2(C)CCC2)ccc1N. The van der Waals surface area contributed by atoms with E-state index in [1.54, 1.807) is 0 Å². The monoisotopic (exact) mass is 234 g/mol. The molecule has 0 saturated heterocycles. The molecule has 0 bridgehead atoms. The molecule has 0 aliphatic heterocycles. The first kappa shape index (κ1) is 12.1. The van der Waals surface area contributed by atoms with E-state index in [2.05, 4.69) is 19.2 Å². The number of nitrogen functional groups attached to an aromatic ring is 1. The van der Waals surface area contributed by atoms with Crippen molar-refractivity contribution in [2.75, 3.05) is 17.7 Å². The van der Waals surface area contributed by atoms with Gasteiger partial charge in [0.1, 0.15) is 5.75 Å². The van der Waals surface area contributed by atoms with Crippen molar-refractivity contribution in [1.29, 1.82) is 0 Å². The van der Waals surface area contributed by atoms with E-state index >= 15 is 0 Å². The van der Waals surface area contributed by atoms with E-state index in [1.165, 1.54) is 19.3 Å². The molecular weight excluding hydrogens is 212 g/mol. The smallest absolute Gasteiger partial charge is 0.144 e. The van der Waals surface area contributed by atoms with Crippen molar-refractivity contribution in [3.63, 3.8) is 0 Å². The van der Waals surface area contributed by atoms with Crippen molar-refractivity contribution >= 4 is 11.4 Å². The van der Waals surface area contributed by atoms with Gasteiger partial charge in [0, 0.05) is 17.3 Å². The second kappa shape index (κ2) is 4.86. The lowest BCUT2D eigenvalue weighted by atomic mass is 9.78. The minimum Gasteiger partial charge on any atom is -0.491 e. The average molecular weight is 234 g/mol. The largest absolute Gasteiger partial charge is 0.491 e. The van der Waals surface area contributed by atoms with Crippen LogP contribution in [0.5, 0.6) is 5.75 Å². The standard InChI is InChI=1S/C14H22N2O/c1-3-9-17-13-10-11(5-6-12(13)15)16-14(2)7-4-8-14/h5-6,10,16H,3-4,7-9,15H2,1-2H3. The summed E-state index contributed by atoms with van der Waals surface area (Å²) in [6, 6.07) is 5.95. The molecule has 0 radical (unpaired) electrons. The molecule has 1 saturated carbocycles. The van der Waals surface area contributed by atoms with Gasteiger partial charge in [0.25, 0.3) is 0 Å². The lowest BCUT2D eigenvalue weighted by Gasteiger charge is -2.40. The molecule has 1 aromatic rings. The normalized spacial score (nSPS) is 17.3. The highest BCUT2D eigenvalue weighted by Crippen LogP contribution is 2.36. The maximum atomic E-state index is 5.89. The summed E-state index contributed by atoms with van der Waals surface area (Å²) in [6.07, 6.45) is 4.79. The van der Waals surface area contributed by atoms with Crippen molar-refractivity contribution in [1.82, 2.24) is 0 Å². The quantitative estimate of drug-likeness (QED) is 0.767. The predicted octanol–water partition coefficient (Wildman–Crippen LogP) is 3.41. The Bertz CT molecular complexity index is 386. The number of nitrogens with one attached hydrogen (secondary N) is 1. The maximum Gasteiger partial charge on any atom is 0.144 e. The number of hydrogen-bond acceptors (Lipinski definition) is 3. The molecule has 0 aromatic heterocycles. The maximum absolute atomic E-state index is 5.89. The molecule has 94 valence electrons. The molecule has 0 unspecified atom stereocenters. The number of benzene rings is 1. The first-order valence-electron chi connectivity index (χ1n) is 6.43. The van der Waals surface area contributed by atoms with Crippen molar-refractivity contribution in [3.05, 3.63) is 18.2 Å². The Labute approximate surface area is 103 Å². The van der Waals surface area contributed by atoms with E-state index in [4.69, 9.17) is 10.5 Å². The molecule has 17 heavy (non-hydrogen) atoms. The Morgan fingerprint density at radius 1 is 1.41 bits per heavy atom. The van der Waals surface area contributed by atoms with Crippen molar-refractivity contribution in [2.45, 2.75) is 45.1 Å². The molecule has 0 atom stereocenters. The highest BCUT2D eigenvalue weighted by molar-refractivity contribution is 5.62. The summed E-state index contributed by atoms with van der Waals surface area (Å²) in [5.41, 5.74) is 7.96. The Balaban J connectivity index is 2.07. The molecule has 3 heteroatoms. The van der Waals surface area contributed by atoms with E-state index in [9.17, 15) is 0 Å². The lowest BCUT2D eigenvalue weighted by Crippen LogP contribution is -2.41. The molecule has 0 amide bonds. The minimum atomic E-state index is 0.262. The van der Waals surface area contributed by atoms with E-state index in [0.717, 1.165) is 17.9 Å². The second-order valence-corrected chi connectivity index (χ2v) is 5.14. The molecule has 3 N–H and O–H groups in total. The number of hydrogen-bond donors (Lipinski definition) is 2. The van der Waals surface area contributed by atoms with Crippen molar-refractivity contribution < 1.29 is 4.74 Å². The molecule has 1 aliphatic carbocycles. The molecule has 0 heterocycles. The van der Waals surface area contributed by atoms with Gasteiger partial charge in [-0.25, -0.2) is 0 Å². The van der Waals surface area contributed by atoms with Gasteiger partial charge >= 0.3 is 0 Å². The molecular formula is C14H22N2O. The van der Waals surface area contributed by atoms with Crippen LogP contribution in [0, 0.1) is 0 Å². The van der Waals surface area contributed by atoms with E-state index in [0.29, 0.717) is 12.3 Å². The Hall–Kier alpha value is -1.38. The van der Waals surface area contributed by atoms with Gasteiger partial charge in [-0.15, -0.1) is 0 Å². The van der Waals surface area contributed by atoms with Crippen molar-refractivity contribution in [2.24, 2.45) is 0 Å². The zero-order chi connectivity index (χ0) is 12.3. The van der Waals surface area contributed by atoms with Crippen LogP contribution in [-0.4, -0.2) is 12.1 Å². The molecule has 3 nitrogen and oxygen atoms in total. The molecule has 0 spiro atoms. The third-order valence-corrected chi connectivity index (χ3v) is 3.38. The molecule has 2 rings (SSSR count). The van der Waals surface area contributed by atoms with Crippen LogP contribution in [0.4, 0.5) is 11.4 Å². The fraction of sp³-hybridized carbons (Fsp3) is 0.571. The van der Waals surface area contributed by atoms with Gasteiger partial charge in [0.05, 0.1) is 12.3 Å². The first-order valence-corrected chi connectivity index (χ1v) is 6.43. The average Bonchev–Trinajstić information content (AvgIpc) is 2.28. The van der Waals surface area contributed by atoms with Crippen molar-refractivity contribution in [3.8, 4) is 5.75 Å². The number of anilines is 2. The first-order chi connectivity index (χ1) is 8.13. The van der Waals surface area contributed by atoms with Crippen LogP contribution < -0.4 is 15.8 Å². The van der Waals surface area contributed by atoms with Gasteiger partial charge in [-0.1, -0.05) is 6.92 Å². The predicted molar refractivity (Wildman–Crippen MR) is 72.5 cm³/mol. The van der Waals surface area contributed by atoms with Crippen LogP contribution in [-0.2, 0) is 0 Å². The summed E-state index contributed by atoms with van der Waals surface area (Å²) in [5.74, 6) is 0.791.